The first-order valence-corrected chi connectivity index (χ1v) is 11.9. The van der Waals surface area contributed by atoms with Crippen LogP contribution in [0.2, 0.25) is 0 Å². The van der Waals surface area contributed by atoms with Gasteiger partial charge in [-0.15, -0.1) is 15.3 Å². The van der Waals surface area contributed by atoms with Crippen LogP contribution >= 0.6 is 11.8 Å². The minimum absolute atomic E-state index is 0.102. The molecule has 1 N–H and O–H groups in total. The van der Waals surface area contributed by atoms with Crippen LogP contribution < -0.4 is 10.1 Å². The van der Waals surface area contributed by atoms with E-state index in [0.29, 0.717) is 11.9 Å². The van der Waals surface area contributed by atoms with Gasteiger partial charge in [-0.05, 0) is 25.0 Å². The number of nitrogens with zero attached hydrogens (tertiary/aromatic N) is 5. The van der Waals surface area contributed by atoms with Gasteiger partial charge >= 0.3 is 6.01 Å². The summed E-state index contributed by atoms with van der Waals surface area (Å²) >= 11 is 1.36. The van der Waals surface area contributed by atoms with Crippen LogP contribution in [0.1, 0.15) is 63.8 Å². The van der Waals surface area contributed by atoms with E-state index in [9.17, 15) is 4.79 Å². The topological polar surface area (TPSA) is 108 Å². The van der Waals surface area contributed by atoms with E-state index >= 15 is 0 Å². The molecule has 1 aliphatic carbocycles. The van der Waals surface area contributed by atoms with Gasteiger partial charge in [0.15, 0.2) is 11.0 Å². The Bertz CT molecular complexity index is 1060. The van der Waals surface area contributed by atoms with E-state index in [4.69, 9.17) is 9.15 Å². The number of anilines is 1. The monoisotopic (exact) mass is 456 g/mol. The Morgan fingerprint density at radius 3 is 2.69 bits per heavy atom. The van der Waals surface area contributed by atoms with Crippen LogP contribution in [0.15, 0.2) is 33.8 Å². The lowest BCUT2D eigenvalue weighted by atomic mass is 9.95. The van der Waals surface area contributed by atoms with E-state index in [0.717, 1.165) is 35.1 Å². The molecule has 1 aromatic carbocycles. The first-order chi connectivity index (χ1) is 15.6. The molecule has 0 saturated heterocycles. The molecule has 170 valence electrons. The Hall–Kier alpha value is -2.88. The smallest absolute Gasteiger partial charge is 0.322 e. The van der Waals surface area contributed by atoms with Crippen molar-refractivity contribution in [2.45, 2.75) is 63.1 Å². The lowest BCUT2D eigenvalue weighted by Crippen LogP contribution is -2.17. The molecule has 1 saturated carbocycles. The quantitative estimate of drug-likeness (QED) is 0.486. The van der Waals surface area contributed by atoms with Crippen LogP contribution in [0.4, 0.5) is 6.01 Å². The zero-order valence-electron chi connectivity index (χ0n) is 18.6. The molecule has 0 bridgehead atoms. The van der Waals surface area contributed by atoms with E-state index in [1.54, 1.807) is 7.11 Å². The molecule has 0 spiro atoms. The number of methoxy groups -OCH3 is 1. The number of ether oxygens (including phenoxy) is 1. The van der Waals surface area contributed by atoms with Gasteiger partial charge in [-0.1, -0.05) is 62.1 Å². The lowest BCUT2D eigenvalue weighted by Gasteiger charge is -2.25. The SMILES string of the molecule is COc1ccccc1-c1nnc(SCC(=O)Nc2nnc(C(C)C)o2)n1C1CCCCC1. The van der Waals surface area contributed by atoms with Crippen molar-refractivity contribution in [1.82, 2.24) is 25.0 Å². The zero-order chi connectivity index (χ0) is 22.5. The average molecular weight is 457 g/mol. The first-order valence-electron chi connectivity index (χ1n) is 10.9. The van der Waals surface area contributed by atoms with Crippen molar-refractivity contribution >= 4 is 23.7 Å². The number of benzene rings is 1. The fourth-order valence-electron chi connectivity index (χ4n) is 3.86. The highest BCUT2D eigenvalue weighted by Gasteiger charge is 2.25. The van der Waals surface area contributed by atoms with Gasteiger partial charge < -0.3 is 9.15 Å². The fourth-order valence-corrected chi connectivity index (χ4v) is 4.67. The molecule has 0 radical (unpaired) electrons. The minimum atomic E-state index is -0.231. The summed E-state index contributed by atoms with van der Waals surface area (Å²) < 4.78 is 13.2. The number of aromatic nitrogens is 5. The fraction of sp³-hybridized carbons (Fsp3) is 0.500. The van der Waals surface area contributed by atoms with Gasteiger partial charge in [0.2, 0.25) is 11.8 Å². The third kappa shape index (κ3) is 4.95. The molecule has 1 fully saturated rings. The second-order valence-corrected chi connectivity index (χ2v) is 9.05. The second kappa shape index (κ2) is 10.2. The average Bonchev–Trinajstić information content (AvgIpc) is 3.45. The Kier molecular flexibility index (Phi) is 7.09. The molecule has 3 aromatic rings. The highest BCUT2D eigenvalue weighted by Crippen LogP contribution is 2.38. The number of nitrogens with one attached hydrogen (secondary N) is 1. The third-order valence-corrected chi connectivity index (χ3v) is 6.41. The van der Waals surface area contributed by atoms with Gasteiger partial charge in [-0.3, -0.25) is 14.7 Å². The molecule has 2 aromatic heterocycles. The van der Waals surface area contributed by atoms with Crippen molar-refractivity contribution in [3.05, 3.63) is 30.2 Å². The molecule has 1 aliphatic rings. The molecule has 0 aliphatic heterocycles. The van der Waals surface area contributed by atoms with Crippen molar-refractivity contribution in [3.8, 4) is 17.1 Å². The van der Waals surface area contributed by atoms with Crippen molar-refractivity contribution in [1.29, 1.82) is 0 Å². The Morgan fingerprint density at radius 1 is 1.19 bits per heavy atom. The van der Waals surface area contributed by atoms with Gasteiger partial charge in [0.1, 0.15) is 5.75 Å². The highest BCUT2D eigenvalue weighted by atomic mass is 32.2. The van der Waals surface area contributed by atoms with Crippen molar-refractivity contribution in [2.24, 2.45) is 0 Å². The predicted molar refractivity (Wildman–Crippen MR) is 122 cm³/mol. The van der Waals surface area contributed by atoms with Gasteiger partial charge in [0, 0.05) is 12.0 Å². The number of carbonyl (C=O) groups is 1. The number of amides is 1. The number of para-hydroxylation sites is 1. The maximum Gasteiger partial charge on any atom is 0.322 e. The summed E-state index contributed by atoms with van der Waals surface area (Å²) in [6, 6.07) is 8.23. The zero-order valence-corrected chi connectivity index (χ0v) is 19.4. The second-order valence-electron chi connectivity index (χ2n) is 8.11. The summed E-state index contributed by atoms with van der Waals surface area (Å²) in [5, 5.41) is 20.1. The van der Waals surface area contributed by atoms with Gasteiger partial charge in [-0.25, -0.2) is 0 Å². The first kappa shape index (κ1) is 22.3. The summed E-state index contributed by atoms with van der Waals surface area (Å²) in [5.74, 6) is 2.05. The van der Waals surface area contributed by atoms with Crippen molar-refractivity contribution in [3.63, 3.8) is 0 Å². The van der Waals surface area contributed by atoms with Gasteiger partial charge in [0.25, 0.3) is 0 Å². The van der Waals surface area contributed by atoms with Crippen LogP contribution in [0.5, 0.6) is 5.75 Å². The summed E-state index contributed by atoms with van der Waals surface area (Å²) in [6.07, 6.45) is 5.73. The maximum atomic E-state index is 12.5. The Morgan fingerprint density at radius 2 is 1.97 bits per heavy atom. The third-order valence-electron chi connectivity index (χ3n) is 5.47. The lowest BCUT2D eigenvalue weighted by molar-refractivity contribution is -0.113. The number of hydrogen-bond donors (Lipinski definition) is 1. The minimum Gasteiger partial charge on any atom is -0.496 e. The van der Waals surface area contributed by atoms with E-state index in [1.807, 2.05) is 38.1 Å². The van der Waals surface area contributed by atoms with E-state index in [1.165, 1.54) is 31.0 Å². The van der Waals surface area contributed by atoms with Crippen molar-refractivity contribution < 1.29 is 13.9 Å². The summed E-state index contributed by atoms with van der Waals surface area (Å²) in [5.41, 5.74) is 0.899. The normalized spacial score (nSPS) is 14.6. The van der Waals surface area contributed by atoms with E-state index in [2.05, 4.69) is 30.3 Å². The number of thioether (sulfide) groups is 1. The predicted octanol–water partition coefficient (Wildman–Crippen LogP) is 4.70. The molecule has 9 nitrogen and oxygen atoms in total. The molecule has 0 atom stereocenters. The van der Waals surface area contributed by atoms with Crippen LogP contribution in [0.25, 0.3) is 11.4 Å². The largest absolute Gasteiger partial charge is 0.496 e. The molecule has 4 rings (SSSR count). The van der Waals surface area contributed by atoms with E-state index < -0.39 is 0 Å². The van der Waals surface area contributed by atoms with Gasteiger partial charge in [0.05, 0.1) is 18.4 Å². The summed E-state index contributed by atoms with van der Waals surface area (Å²) in [4.78, 5) is 12.5. The molecule has 1 amide bonds. The molecular formula is C22H28N6O3S. The van der Waals surface area contributed by atoms with Crippen LogP contribution in [-0.2, 0) is 4.79 Å². The summed E-state index contributed by atoms with van der Waals surface area (Å²) in [7, 11) is 1.66. The number of carbonyl (C=O) groups excluding carboxylic acids is 1. The number of rotatable bonds is 8. The molecule has 32 heavy (non-hydrogen) atoms. The van der Waals surface area contributed by atoms with Crippen LogP contribution in [0, 0.1) is 0 Å². The summed E-state index contributed by atoms with van der Waals surface area (Å²) in [6.45, 7) is 3.90. The standard InChI is InChI=1S/C22H28N6O3S/c1-14(2)20-25-26-21(31-20)23-18(29)13-32-22-27-24-19(16-11-7-8-12-17(16)30-3)28(22)15-9-5-4-6-10-15/h7-8,11-12,14-15H,4-6,9-10,13H2,1-3H3,(H,23,26,29). The van der Waals surface area contributed by atoms with Crippen LogP contribution in [-0.4, -0.2) is 43.7 Å². The van der Waals surface area contributed by atoms with E-state index in [-0.39, 0.29) is 23.6 Å². The molecule has 10 heteroatoms. The maximum absolute atomic E-state index is 12.5. The van der Waals surface area contributed by atoms with Gasteiger partial charge in [-0.2, -0.15) is 0 Å². The van der Waals surface area contributed by atoms with Crippen LogP contribution in [0.3, 0.4) is 0 Å². The molecular weight excluding hydrogens is 428 g/mol. The number of hydrogen-bond acceptors (Lipinski definition) is 8. The highest BCUT2D eigenvalue weighted by molar-refractivity contribution is 7.99. The Balaban J connectivity index is 1.54. The Labute approximate surface area is 191 Å². The van der Waals surface area contributed by atoms with Crippen molar-refractivity contribution in [2.75, 3.05) is 18.2 Å². The molecule has 0 unspecified atom stereocenters. The molecule has 2 heterocycles.